The van der Waals surface area contributed by atoms with Crippen molar-refractivity contribution < 1.29 is 13.2 Å². The lowest BCUT2D eigenvalue weighted by Crippen LogP contribution is -2.16. The van der Waals surface area contributed by atoms with Crippen LogP contribution in [-0.2, 0) is 9.84 Å². The van der Waals surface area contributed by atoms with E-state index in [0.717, 1.165) is 42.1 Å². The number of nitrogens with one attached hydrogen (secondary N) is 1. The Balaban J connectivity index is 1.18. The van der Waals surface area contributed by atoms with Gasteiger partial charge in [-0.2, -0.15) is 0 Å². The highest BCUT2D eigenvalue weighted by atomic mass is 35.5. The molecule has 3 aromatic rings. The second-order valence-corrected chi connectivity index (χ2v) is 12.2. The Morgan fingerprint density at radius 3 is 1.95 bits per heavy atom. The molecule has 0 aromatic heterocycles. The fraction of sp³-hybridized carbons (Fsp3) is 0.364. The van der Waals surface area contributed by atoms with E-state index in [9.17, 15) is 13.2 Å². The highest BCUT2D eigenvalue weighted by Crippen LogP contribution is 2.16. The van der Waals surface area contributed by atoms with Crippen molar-refractivity contribution in [2.45, 2.75) is 69.1 Å². The predicted octanol–water partition coefficient (Wildman–Crippen LogP) is 8.36. The number of unbranched alkanes of at least 4 members (excludes halogenated alkanes) is 9. The first-order valence-electron chi connectivity index (χ1n) is 13.8. The molecule has 0 atom stereocenters. The molecule has 39 heavy (non-hydrogen) atoms. The number of sulfone groups is 1. The topological polar surface area (TPSA) is 63.2 Å². The summed E-state index contributed by atoms with van der Waals surface area (Å²) in [4.78, 5) is 12.7. The molecule has 0 unspecified atom stereocenters. The van der Waals surface area contributed by atoms with Crippen molar-refractivity contribution in [3.05, 3.63) is 95.0 Å². The first-order valence-corrected chi connectivity index (χ1v) is 15.9. The molecule has 6 heteroatoms. The van der Waals surface area contributed by atoms with E-state index < -0.39 is 21.4 Å². The standard InChI is InChI=1S/C33H38ClNO3S/c34-30-22-18-28(19-23-30)15-11-8-6-4-2-1-3-5-7-9-14-26-35-31-24-20-29(21-25-31)33(36)27-39(37,38)32-16-12-10-13-17-32/h10,12-13,16-25,35H,1-9,14,26-27H2. The normalized spacial score (nSPS) is 11.0. The molecule has 0 fully saturated rings. The molecule has 0 radical (unpaired) electrons. The van der Waals surface area contributed by atoms with Crippen molar-refractivity contribution in [2.24, 2.45) is 0 Å². The monoisotopic (exact) mass is 563 g/mol. The van der Waals surface area contributed by atoms with Gasteiger partial charge >= 0.3 is 0 Å². The van der Waals surface area contributed by atoms with Gasteiger partial charge in [-0.15, -0.1) is 0 Å². The van der Waals surface area contributed by atoms with Crippen molar-refractivity contribution in [3.63, 3.8) is 0 Å². The summed E-state index contributed by atoms with van der Waals surface area (Å²) >= 11 is 5.89. The molecule has 1 N–H and O–H groups in total. The summed E-state index contributed by atoms with van der Waals surface area (Å²) in [6, 6.07) is 22.8. The van der Waals surface area contributed by atoms with Crippen LogP contribution in [0.4, 0.5) is 5.69 Å². The summed E-state index contributed by atoms with van der Waals surface area (Å²) in [5.74, 6) is 5.52. The maximum absolute atomic E-state index is 12.5. The quantitative estimate of drug-likeness (QED) is 0.108. The predicted molar refractivity (Wildman–Crippen MR) is 162 cm³/mol. The van der Waals surface area contributed by atoms with Crippen LogP contribution in [0.3, 0.4) is 0 Å². The molecular weight excluding hydrogens is 526 g/mol. The molecule has 0 aliphatic rings. The Bertz CT molecular complexity index is 1310. The molecule has 0 aliphatic carbocycles. The van der Waals surface area contributed by atoms with Crippen molar-refractivity contribution in [1.29, 1.82) is 0 Å². The SMILES string of the molecule is O=C(CS(=O)(=O)c1ccccc1)c1ccc(NCCCCCCCCCCCC#Cc2ccc(Cl)cc2)cc1. The lowest BCUT2D eigenvalue weighted by atomic mass is 10.1. The Morgan fingerprint density at radius 2 is 1.31 bits per heavy atom. The number of Topliss-reactive ketones (excluding diaryl/α,β-unsaturated/α-hetero) is 1. The molecule has 3 rings (SSSR count). The van der Waals surface area contributed by atoms with Crippen LogP contribution in [0.25, 0.3) is 0 Å². The molecule has 3 aromatic carbocycles. The van der Waals surface area contributed by atoms with Crippen LogP contribution >= 0.6 is 11.6 Å². The van der Waals surface area contributed by atoms with E-state index in [4.69, 9.17) is 11.6 Å². The molecule has 0 saturated heterocycles. The van der Waals surface area contributed by atoms with Crippen LogP contribution in [0.15, 0.2) is 83.8 Å². The second kappa shape index (κ2) is 16.8. The number of anilines is 1. The zero-order valence-electron chi connectivity index (χ0n) is 22.5. The van der Waals surface area contributed by atoms with E-state index in [-0.39, 0.29) is 4.90 Å². The van der Waals surface area contributed by atoms with Gasteiger partial charge in [-0.3, -0.25) is 4.79 Å². The van der Waals surface area contributed by atoms with E-state index in [1.807, 2.05) is 36.4 Å². The van der Waals surface area contributed by atoms with Gasteiger partial charge in [-0.05, 0) is 73.5 Å². The molecule has 0 heterocycles. The molecule has 0 amide bonds. The van der Waals surface area contributed by atoms with Gasteiger partial charge in [0, 0.05) is 34.8 Å². The lowest BCUT2D eigenvalue weighted by molar-refractivity contribution is 0.102. The molecule has 0 spiro atoms. The average Bonchev–Trinajstić information content (AvgIpc) is 2.94. The van der Waals surface area contributed by atoms with Gasteiger partial charge in [0.15, 0.2) is 15.6 Å². The van der Waals surface area contributed by atoms with Crippen molar-refractivity contribution in [2.75, 3.05) is 17.6 Å². The summed E-state index contributed by atoms with van der Waals surface area (Å²) in [7, 11) is -3.64. The first-order chi connectivity index (χ1) is 18.9. The number of hydrogen-bond acceptors (Lipinski definition) is 4. The maximum Gasteiger partial charge on any atom is 0.185 e. The third kappa shape index (κ3) is 11.7. The molecule has 0 bridgehead atoms. The van der Waals surface area contributed by atoms with E-state index in [1.54, 1.807) is 30.3 Å². The molecule has 206 valence electrons. The van der Waals surface area contributed by atoms with Gasteiger partial charge in [0.2, 0.25) is 0 Å². The van der Waals surface area contributed by atoms with Gasteiger partial charge in [0.25, 0.3) is 0 Å². The molecular formula is C33H38ClNO3S. The zero-order valence-corrected chi connectivity index (χ0v) is 24.1. The fourth-order valence-electron chi connectivity index (χ4n) is 4.25. The Morgan fingerprint density at radius 1 is 0.718 bits per heavy atom. The van der Waals surface area contributed by atoms with E-state index in [0.29, 0.717) is 5.56 Å². The van der Waals surface area contributed by atoms with Crippen LogP contribution in [0.2, 0.25) is 5.02 Å². The van der Waals surface area contributed by atoms with Crippen molar-refractivity contribution in [1.82, 2.24) is 0 Å². The fourth-order valence-corrected chi connectivity index (χ4v) is 5.62. The smallest absolute Gasteiger partial charge is 0.185 e. The largest absolute Gasteiger partial charge is 0.385 e. The van der Waals surface area contributed by atoms with Crippen LogP contribution < -0.4 is 5.32 Å². The maximum atomic E-state index is 12.5. The highest BCUT2D eigenvalue weighted by molar-refractivity contribution is 7.92. The summed E-state index contributed by atoms with van der Waals surface area (Å²) in [5.41, 5.74) is 2.37. The number of rotatable bonds is 16. The molecule has 0 aliphatic heterocycles. The summed E-state index contributed by atoms with van der Waals surface area (Å²) in [5, 5.41) is 4.13. The van der Waals surface area contributed by atoms with E-state index in [1.165, 1.54) is 57.1 Å². The van der Waals surface area contributed by atoms with Crippen molar-refractivity contribution in [3.8, 4) is 11.8 Å². The van der Waals surface area contributed by atoms with Gasteiger partial charge in [0.1, 0.15) is 5.75 Å². The number of benzene rings is 3. The van der Waals surface area contributed by atoms with Gasteiger partial charge in [-0.25, -0.2) is 8.42 Å². The average molecular weight is 564 g/mol. The van der Waals surface area contributed by atoms with E-state index in [2.05, 4.69) is 17.2 Å². The van der Waals surface area contributed by atoms with Gasteiger partial charge in [0.05, 0.1) is 4.90 Å². The Labute approximate surface area is 239 Å². The van der Waals surface area contributed by atoms with Crippen LogP contribution in [0.1, 0.15) is 80.1 Å². The number of hydrogen-bond donors (Lipinski definition) is 1. The Hall–Kier alpha value is -3.07. The minimum atomic E-state index is -3.64. The summed E-state index contributed by atoms with van der Waals surface area (Å²) in [6.45, 7) is 0.882. The van der Waals surface area contributed by atoms with E-state index >= 15 is 0 Å². The number of carbonyl (C=O) groups is 1. The van der Waals surface area contributed by atoms with Crippen molar-refractivity contribution >= 4 is 32.9 Å². The summed E-state index contributed by atoms with van der Waals surface area (Å²) in [6.07, 6.45) is 12.0. The molecule has 4 nitrogen and oxygen atoms in total. The number of halogens is 1. The molecule has 0 saturated carbocycles. The second-order valence-electron chi connectivity index (χ2n) is 9.74. The van der Waals surface area contributed by atoms with Gasteiger partial charge in [-0.1, -0.05) is 86.6 Å². The van der Waals surface area contributed by atoms with Crippen LogP contribution in [0, 0.1) is 11.8 Å². The van der Waals surface area contributed by atoms with Crippen LogP contribution in [-0.4, -0.2) is 26.5 Å². The third-order valence-electron chi connectivity index (χ3n) is 6.51. The van der Waals surface area contributed by atoms with Crippen LogP contribution in [0.5, 0.6) is 0 Å². The first kappa shape index (κ1) is 30.5. The highest BCUT2D eigenvalue weighted by Gasteiger charge is 2.20. The number of ketones is 1. The minimum absolute atomic E-state index is 0.170. The number of carbonyl (C=O) groups excluding carboxylic acids is 1. The zero-order chi connectivity index (χ0) is 27.8. The Kier molecular flexibility index (Phi) is 13.1. The third-order valence-corrected chi connectivity index (χ3v) is 8.40. The lowest BCUT2D eigenvalue weighted by Gasteiger charge is -2.08. The minimum Gasteiger partial charge on any atom is -0.385 e. The van der Waals surface area contributed by atoms with Gasteiger partial charge < -0.3 is 5.32 Å². The summed E-state index contributed by atoms with van der Waals surface area (Å²) < 4.78 is 24.9.